The van der Waals surface area contributed by atoms with Gasteiger partial charge in [-0.05, 0) is 56.0 Å². The van der Waals surface area contributed by atoms with E-state index in [1.165, 1.54) is 25.7 Å². The number of nitrogens with one attached hydrogen (secondary N) is 2. The molecule has 2 atom stereocenters. The fourth-order valence-corrected chi connectivity index (χ4v) is 2.60. The van der Waals surface area contributed by atoms with Crippen molar-refractivity contribution in [3.05, 3.63) is 0 Å². The highest BCUT2D eigenvalue weighted by Gasteiger charge is 2.37. The van der Waals surface area contributed by atoms with E-state index in [4.69, 9.17) is 0 Å². The molecule has 1 aliphatic heterocycles. The monoisotopic (exact) mass is 238 g/mol. The summed E-state index contributed by atoms with van der Waals surface area (Å²) in [4.78, 5) is 11.8. The molecular formula is C14H26N2O. The van der Waals surface area contributed by atoms with Crippen LogP contribution >= 0.6 is 0 Å². The summed E-state index contributed by atoms with van der Waals surface area (Å²) < 4.78 is 0. The lowest BCUT2D eigenvalue weighted by molar-refractivity contribution is -0.122. The number of hydrogen-bond donors (Lipinski definition) is 2. The minimum absolute atomic E-state index is 0.246. The Labute approximate surface area is 105 Å². The van der Waals surface area contributed by atoms with Gasteiger partial charge in [0, 0.05) is 13.0 Å². The fraction of sp³-hybridized carbons (Fsp3) is 0.929. The third-order valence-electron chi connectivity index (χ3n) is 4.46. The van der Waals surface area contributed by atoms with Crippen molar-refractivity contribution in [3.8, 4) is 0 Å². The summed E-state index contributed by atoms with van der Waals surface area (Å²) in [5.74, 6) is 1.44. The molecule has 0 aromatic heterocycles. The van der Waals surface area contributed by atoms with Crippen LogP contribution in [0.1, 0.15) is 46.0 Å². The van der Waals surface area contributed by atoms with Gasteiger partial charge in [-0.2, -0.15) is 0 Å². The van der Waals surface area contributed by atoms with Gasteiger partial charge in [0.2, 0.25) is 5.91 Å². The zero-order valence-corrected chi connectivity index (χ0v) is 11.2. The Morgan fingerprint density at radius 3 is 2.88 bits per heavy atom. The second-order valence-electron chi connectivity index (χ2n) is 6.38. The minimum Gasteiger partial charge on any atom is -0.356 e. The maximum atomic E-state index is 11.8. The van der Waals surface area contributed by atoms with Crippen LogP contribution in [0, 0.1) is 17.3 Å². The molecule has 1 aliphatic carbocycles. The standard InChI is InChI=1S/C14H26N2O/c1-11(12-4-3-7-15-9-12)8-13(17)16-10-14(2)5-6-14/h11-12,15H,3-10H2,1-2H3,(H,16,17). The van der Waals surface area contributed by atoms with Crippen LogP contribution in [0.5, 0.6) is 0 Å². The van der Waals surface area contributed by atoms with Crippen LogP contribution in [0.15, 0.2) is 0 Å². The van der Waals surface area contributed by atoms with Gasteiger partial charge in [-0.25, -0.2) is 0 Å². The smallest absolute Gasteiger partial charge is 0.220 e. The quantitative estimate of drug-likeness (QED) is 0.768. The number of rotatable bonds is 5. The fourth-order valence-electron chi connectivity index (χ4n) is 2.60. The molecule has 3 heteroatoms. The highest BCUT2D eigenvalue weighted by Crippen LogP contribution is 2.44. The van der Waals surface area contributed by atoms with Crippen molar-refractivity contribution in [2.24, 2.45) is 17.3 Å². The Morgan fingerprint density at radius 2 is 2.29 bits per heavy atom. The SMILES string of the molecule is CC(CC(=O)NCC1(C)CC1)C1CCCNC1. The zero-order valence-electron chi connectivity index (χ0n) is 11.2. The molecule has 2 rings (SSSR count). The Balaban J connectivity index is 1.66. The van der Waals surface area contributed by atoms with E-state index in [0.29, 0.717) is 23.7 Å². The molecule has 0 spiro atoms. The molecule has 17 heavy (non-hydrogen) atoms. The van der Waals surface area contributed by atoms with E-state index in [-0.39, 0.29) is 5.91 Å². The lowest BCUT2D eigenvalue weighted by Crippen LogP contribution is -2.36. The van der Waals surface area contributed by atoms with E-state index in [1.54, 1.807) is 0 Å². The average molecular weight is 238 g/mol. The normalized spacial score (nSPS) is 28.5. The molecule has 2 N–H and O–H groups in total. The van der Waals surface area contributed by atoms with Crippen LogP contribution in [0.3, 0.4) is 0 Å². The Morgan fingerprint density at radius 1 is 1.53 bits per heavy atom. The van der Waals surface area contributed by atoms with Crippen LogP contribution in [0.4, 0.5) is 0 Å². The molecule has 0 bridgehead atoms. The molecule has 1 heterocycles. The van der Waals surface area contributed by atoms with E-state index < -0.39 is 0 Å². The molecular weight excluding hydrogens is 212 g/mol. The summed E-state index contributed by atoms with van der Waals surface area (Å²) in [6.45, 7) is 7.58. The molecule has 3 nitrogen and oxygen atoms in total. The summed E-state index contributed by atoms with van der Waals surface area (Å²) in [5.41, 5.74) is 0.422. The molecule has 2 unspecified atom stereocenters. The van der Waals surface area contributed by atoms with Crippen molar-refractivity contribution < 1.29 is 4.79 Å². The van der Waals surface area contributed by atoms with Crippen LogP contribution < -0.4 is 10.6 Å². The van der Waals surface area contributed by atoms with E-state index in [1.807, 2.05) is 0 Å². The highest BCUT2D eigenvalue weighted by molar-refractivity contribution is 5.76. The van der Waals surface area contributed by atoms with E-state index in [0.717, 1.165) is 19.6 Å². The van der Waals surface area contributed by atoms with Gasteiger partial charge in [0.15, 0.2) is 0 Å². The highest BCUT2D eigenvalue weighted by atomic mass is 16.1. The first-order valence-electron chi connectivity index (χ1n) is 7.06. The molecule has 2 fully saturated rings. The first kappa shape index (κ1) is 12.9. The summed E-state index contributed by atoms with van der Waals surface area (Å²) in [7, 11) is 0. The molecule has 0 aromatic carbocycles. The van der Waals surface area contributed by atoms with Crippen LogP contribution in [0.25, 0.3) is 0 Å². The number of amides is 1. The van der Waals surface area contributed by atoms with Gasteiger partial charge in [-0.1, -0.05) is 13.8 Å². The first-order chi connectivity index (χ1) is 8.09. The zero-order chi connectivity index (χ0) is 12.3. The third-order valence-corrected chi connectivity index (χ3v) is 4.46. The van der Waals surface area contributed by atoms with Crippen molar-refractivity contribution in [3.63, 3.8) is 0 Å². The van der Waals surface area contributed by atoms with Gasteiger partial charge >= 0.3 is 0 Å². The second kappa shape index (κ2) is 5.38. The van der Waals surface area contributed by atoms with Crippen LogP contribution in [0.2, 0.25) is 0 Å². The minimum atomic E-state index is 0.246. The van der Waals surface area contributed by atoms with Gasteiger partial charge in [0.05, 0.1) is 0 Å². The Hall–Kier alpha value is -0.570. The van der Waals surface area contributed by atoms with Gasteiger partial charge in [0.1, 0.15) is 0 Å². The van der Waals surface area contributed by atoms with Gasteiger partial charge in [0.25, 0.3) is 0 Å². The van der Waals surface area contributed by atoms with Crippen molar-refractivity contribution in [1.82, 2.24) is 10.6 Å². The number of hydrogen-bond acceptors (Lipinski definition) is 2. The predicted octanol–water partition coefficient (Wildman–Crippen LogP) is 1.93. The van der Waals surface area contributed by atoms with Crippen LogP contribution in [-0.2, 0) is 4.79 Å². The Bertz CT molecular complexity index is 267. The van der Waals surface area contributed by atoms with Gasteiger partial charge < -0.3 is 10.6 Å². The molecule has 98 valence electrons. The summed E-state index contributed by atoms with van der Waals surface area (Å²) in [6.07, 6.45) is 5.78. The first-order valence-corrected chi connectivity index (χ1v) is 7.06. The molecule has 1 amide bonds. The van der Waals surface area contributed by atoms with Crippen molar-refractivity contribution in [1.29, 1.82) is 0 Å². The van der Waals surface area contributed by atoms with Crippen LogP contribution in [-0.4, -0.2) is 25.5 Å². The predicted molar refractivity (Wildman–Crippen MR) is 69.7 cm³/mol. The largest absolute Gasteiger partial charge is 0.356 e. The van der Waals surface area contributed by atoms with Crippen molar-refractivity contribution in [2.75, 3.05) is 19.6 Å². The topological polar surface area (TPSA) is 41.1 Å². The summed E-state index contributed by atoms with van der Waals surface area (Å²) in [6, 6.07) is 0. The van der Waals surface area contributed by atoms with E-state index >= 15 is 0 Å². The molecule has 0 radical (unpaired) electrons. The third kappa shape index (κ3) is 3.98. The lowest BCUT2D eigenvalue weighted by atomic mass is 9.85. The van der Waals surface area contributed by atoms with Gasteiger partial charge in [-0.15, -0.1) is 0 Å². The maximum absolute atomic E-state index is 11.8. The average Bonchev–Trinajstić information content (AvgIpc) is 3.07. The maximum Gasteiger partial charge on any atom is 0.220 e. The number of carbonyl (C=O) groups is 1. The van der Waals surface area contributed by atoms with Gasteiger partial charge in [-0.3, -0.25) is 4.79 Å². The Kier molecular flexibility index (Phi) is 4.08. The number of carbonyl (C=O) groups excluding carboxylic acids is 1. The van der Waals surface area contributed by atoms with E-state index in [2.05, 4.69) is 24.5 Å². The molecule has 0 aromatic rings. The molecule has 1 saturated carbocycles. The molecule has 1 saturated heterocycles. The van der Waals surface area contributed by atoms with E-state index in [9.17, 15) is 4.79 Å². The lowest BCUT2D eigenvalue weighted by Gasteiger charge is -2.28. The van der Waals surface area contributed by atoms with Crippen molar-refractivity contribution >= 4 is 5.91 Å². The van der Waals surface area contributed by atoms with Crippen molar-refractivity contribution in [2.45, 2.75) is 46.0 Å². The number of piperidine rings is 1. The summed E-state index contributed by atoms with van der Waals surface area (Å²) >= 11 is 0. The summed E-state index contributed by atoms with van der Waals surface area (Å²) in [5, 5.41) is 6.52. The molecule has 2 aliphatic rings. The second-order valence-corrected chi connectivity index (χ2v) is 6.38.